The standard InChI is InChI=1S/C7H7Cl.C2H6/c1-6-4-2-3-5-7(6)8;1-2/h2-5H,1H3;1-2H3. The Morgan fingerprint density at radius 2 is 1.60 bits per heavy atom. The second kappa shape index (κ2) is 5.31. The lowest BCUT2D eigenvalue weighted by molar-refractivity contribution is 1.47. The predicted octanol–water partition coefficient (Wildman–Crippen LogP) is 3.67. The molecule has 1 aromatic carbocycles. The molecule has 56 valence electrons. The van der Waals surface area contributed by atoms with E-state index in [4.69, 9.17) is 11.6 Å². The summed E-state index contributed by atoms with van der Waals surface area (Å²) < 4.78 is 0. The fourth-order valence-electron chi connectivity index (χ4n) is 0.551. The van der Waals surface area contributed by atoms with E-state index in [-0.39, 0.29) is 0 Å². The van der Waals surface area contributed by atoms with Crippen molar-refractivity contribution in [2.24, 2.45) is 0 Å². The summed E-state index contributed by atoms with van der Waals surface area (Å²) in [6.45, 7) is 5.99. The van der Waals surface area contributed by atoms with Gasteiger partial charge in [0.05, 0.1) is 0 Å². The van der Waals surface area contributed by atoms with Crippen LogP contribution >= 0.6 is 11.6 Å². The zero-order valence-electron chi connectivity index (χ0n) is 6.69. The molecular formula is C9H13Cl. The highest BCUT2D eigenvalue weighted by Gasteiger charge is 1.86. The van der Waals surface area contributed by atoms with Crippen LogP contribution in [-0.2, 0) is 0 Å². The van der Waals surface area contributed by atoms with Crippen molar-refractivity contribution in [2.75, 3.05) is 0 Å². The Bertz CT molecular complexity index is 161. The first-order valence-corrected chi connectivity index (χ1v) is 3.89. The summed E-state index contributed by atoms with van der Waals surface area (Å²) >= 11 is 5.71. The normalized spacial score (nSPS) is 8.00. The van der Waals surface area contributed by atoms with Gasteiger partial charge in [0.1, 0.15) is 0 Å². The van der Waals surface area contributed by atoms with Gasteiger partial charge < -0.3 is 0 Å². The van der Waals surface area contributed by atoms with Crippen LogP contribution in [0.2, 0.25) is 5.02 Å². The quantitative estimate of drug-likeness (QED) is 0.538. The van der Waals surface area contributed by atoms with Crippen LogP contribution in [0.5, 0.6) is 0 Å². The zero-order chi connectivity index (χ0) is 7.98. The number of rotatable bonds is 0. The van der Waals surface area contributed by atoms with Crippen LogP contribution in [0.4, 0.5) is 0 Å². The monoisotopic (exact) mass is 156 g/mol. The van der Waals surface area contributed by atoms with Gasteiger partial charge in [-0.15, -0.1) is 0 Å². The van der Waals surface area contributed by atoms with Crippen LogP contribution in [0.3, 0.4) is 0 Å². The maximum atomic E-state index is 5.71. The molecule has 0 saturated carbocycles. The summed E-state index contributed by atoms with van der Waals surface area (Å²) in [5.41, 5.74) is 1.13. The molecule has 0 aliphatic carbocycles. The van der Waals surface area contributed by atoms with E-state index in [1.807, 2.05) is 45.0 Å². The summed E-state index contributed by atoms with van der Waals surface area (Å²) in [6.07, 6.45) is 0. The van der Waals surface area contributed by atoms with Crippen molar-refractivity contribution < 1.29 is 0 Å². The molecule has 0 unspecified atom stereocenters. The smallest absolute Gasteiger partial charge is 0.0435 e. The third-order valence-corrected chi connectivity index (χ3v) is 1.50. The van der Waals surface area contributed by atoms with Gasteiger partial charge in [-0.25, -0.2) is 0 Å². The average Bonchev–Trinajstić information content (AvgIpc) is 2.00. The lowest BCUT2D eigenvalue weighted by Crippen LogP contribution is -1.68. The minimum absolute atomic E-state index is 0.840. The van der Waals surface area contributed by atoms with E-state index in [9.17, 15) is 0 Å². The predicted molar refractivity (Wildman–Crippen MR) is 47.5 cm³/mol. The second-order valence-corrected chi connectivity index (χ2v) is 2.16. The molecule has 0 atom stereocenters. The molecule has 0 spiro atoms. The van der Waals surface area contributed by atoms with Gasteiger partial charge in [-0.1, -0.05) is 43.6 Å². The molecular weight excluding hydrogens is 144 g/mol. The minimum Gasteiger partial charge on any atom is -0.0841 e. The highest BCUT2D eigenvalue weighted by molar-refractivity contribution is 6.31. The molecule has 1 heteroatoms. The molecule has 0 N–H and O–H groups in total. The Morgan fingerprint density at radius 3 is 1.90 bits per heavy atom. The maximum absolute atomic E-state index is 5.71. The summed E-state index contributed by atoms with van der Waals surface area (Å²) in [6, 6.07) is 7.77. The third kappa shape index (κ3) is 2.88. The van der Waals surface area contributed by atoms with Crippen molar-refractivity contribution in [1.29, 1.82) is 0 Å². The third-order valence-electron chi connectivity index (χ3n) is 1.08. The van der Waals surface area contributed by atoms with E-state index >= 15 is 0 Å². The SMILES string of the molecule is CC.Cc1ccccc1Cl. The number of aryl methyl sites for hydroxylation is 1. The highest BCUT2D eigenvalue weighted by atomic mass is 35.5. The van der Waals surface area contributed by atoms with Crippen LogP contribution in [0, 0.1) is 6.92 Å². The lowest BCUT2D eigenvalue weighted by atomic mass is 10.2. The molecule has 0 aliphatic heterocycles. The molecule has 0 nitrogen and oxygen atoms in total. The van der Waals surface area contributed by atoms with E-state index in [0.29, 0.717) is 0 Å². The highest BCUT2D eigenvalue weighted by Crippen LogP contribution is 2.11. The van der Waals surface area contributed by atoms with Crippen molar-refractivity contribution in [3.8, 4) is 0 Å². The maximum Gasteiger partial charge on any atom is 0.0435 e. The van der Waals surface area contributed by atoms with Gasteiger partial charge in [0.2, 0.25) is 0 Å². The Hall–Kier alpha value is -0.490. The molecule has 0 heterocycles. The van der Waals surface area contributed by atoms with E-state index in [1.54, 1.807) is 0 Å². The molecule has 1 rings (SSSR count). The molecule has 1 aromatic rings. The van der Waals surface area contributed by atoms with Crippen molar-refractivity contribution in [3.05, 3.63) is 34.9 Å². The Morgan fingerprint density at radius 1 is 1.10 bits per heavy atom. The second-order valence-electron chi connectivity index (χ2n) is 1.75. The molecule has 0 aromatic heterocycles. The molecule has 0 fully saturated rings. The van der Waals surface area contributed by atoms with Gasteiger partial charge in [0.25, 0.3) is 0 Å². The zero-order valence-corrected chi connectivity index (χ0v) is 7.44. The lowest BCUT2D eigenvalue weighted by Gasteiger charge is -1.90. The number of hydrogen-bond donors (Lipinski definition) is 0. The van der Waals surface area contributed by atoms with Crippen molar-refractivity contribution in [1.82, 2.24) is 0 Å². The van der Waals surface area contributed by atoms with Crippen LogP contribution < -0.4 is 0 Å². The Balaban J connectivity index is 0.000000371. The van der Waals surface area contributed by atoms with Crippen molar-refractivity contribution >= 4 is 11.6 Å². The molecule has 10 heavy (non-hydrogen) atoms. The van der Waals surface area contributed by atoms with Gasteiger partial charge in [0, 0.05) is 5.02 Å². The van der Waals surface area contributed by atoms with Gasteiger partial charge in [0.15, 0.2) is 0 Å². The summed E-state index contributed by atoms with van der Waals surface area (Å²) in [5, 5.41) is 0.840. The van der Waals surface area contributed by atoms with E-state index in [0.717, 1.165) is 10.6 Å². The number of benzene rings is 1. The Labute approximate surface area is 67.8 Å². The fraction of sp³-hybridized carbons (Fsp3) is 0.333. The van der Waals surface area contributed by atoms with Gasteiger partial charge in [-0.2, -0.15) is 0 Å². The molecule has 0 aliphatic rings. The topological polar surface area (TPSA) is 0 Å². The van der Waals surface area contributed by atoms with Crippen LogP contribution in [-0.4, -0.2) is 0 Å². The van der Waals surface area contributed by atoms with Gasteiger partial charge in [-0.05, 0) is 18.6 Å². The minimum atomic E-state index is 0.840. The van der Waals surface area contributed by atoms with E-state index < -0.39 is 0 Å². The number of halogens is 1. The fourth-order valence-corrected chi connectivity index (χ4v) is 0.687. The van der Waals surface area contributed by atoms with Gasteiger partial charge in [-0.3, -0.25) is 0 Å². The largest absolute Gasteiger partial charge is 0.0841 e. The number of hydrogen-bond acceptors (Lipinski definition) is 0. The molecule has 0 radical (unpaired) electrons. The summed E-state index contributed by atoms with van der Waals surface area (Å²) in [4.78, 5) is 0. The Kier molecular flexibility index (Phi) is 5.05. The van der Waals surface area contributed by atoms with Crippen molar-refractivity contribution in [2.45, 2.75) is 20.8 Å². The molecule has 0 amide bonds. The summed E-state index contributed by atoms with van der Waals surface area (Å²) in [7, 11) is 0. The van der Waals surface area contributed by atoms with Crippen molar-refractivity contribution in [3.63, 3.8) is 0 Å². The first-order valence-electron chi connectivity index (χ1n) is 3.52. The average molecular weight is 157 g/mol. The first-order chi connectivity index (χ1) is 4.80. The van der Waals surface area contributed by atoms with Crippen LogP contribution in [0.1, 0.15) is 19.4 Å². The van der Waals surface area contributed by atoms with E-state index in [1.165, 1.54) is 0 Å². The van der Waals surface area contributed by atoms with Crippen LogP contribution in [0.25, 0.3) is 0 Å². The molecule has 0 saturated heterocycles. The summed E-state index contributed by atoms with van der Waals surface area (Å²) in [5.74, 6) is 0. The first kappa shape index (κ1) is 9.51. The van der Waals surface area contributed by atoms with Crippen LogP contribution in [0.15, 0.2) is 24.3 Å². The van der Waals surface area contributed by atoms with E-state index in [2.05, 4.69) is 0 Å². The van der Waals surface area contributed by atoms with Gasteiger partial charge >= 0.3 is 0 Å². The molecule has 0 bridgehead atoms.